The van der Waals surface area contributed by atoms with Gasteiger partial charge in [0.25, 0.3) is 0 Å². The Morgan fingerprint density at radius 3 is 2.77 bits per heavy atom. The Hall–Kier alpha value is -2.40. The number of halogens is 2. The van der Waals surface area contributed by atoms with Crippen LogP contribution in [-0.4, -0.2) is 13.2 Å². The summed E-state index contributed by atoms with van der Waals surface area (Å²) in [6, 6.07) is 13.3. The van der Waals surface area contributed by atoms with E-state index in [1.807, 2.05) is 18.2 Å². The molecule has 1 aliphatic rings. The first-order valence-corrected chi connectivity index (χ1v) is 9.43. The number of thiophene rings is 1. The second kappa shape index (κ2) is 7.46. The van der Waals surface area contributed by atoms with Crippen molar-refractivity contribution in [2.45, 2.75) is 19.5 Å². The number of alkyl halides is 2. The van der Waals surface area contributed by atoms with Crippen LogP contribution in [0.15, 0.2) is 47.8 Å². The first-order chi connectivity index (χ1) is 12.7. The fourth-order valence-corrected chi connectivity index (χ4v) is 3.60. The number of rotatable bonds is 7. The van der Waals surface area contributed by atoms with Gasteiger partial charge >= 0.3 is 6.61 Å². The second-order valence-corrected chi connectivity index (χ2v) is 7.30. The van der Waals surface area contributed by atoms with E-state index in [4.69, 9.17) is 4.74 Å². The first kappa shape index (κ1) is 17.0. The van der Waals surface area contributed by atoms with Gasteiger partial charge in [0.05, 0.1) is 6.61 Å². The van der Waals surface area contributed by atoms with E-state index in [1.165, 1.54) is 10.1 Å². The van der Waals surface area contributed by atoms with E-state index < -0.39 is 6.61 Å². The van der Waals surface area contributed by atoms with Crippen LogP contribution in [0.5, 0.6) is 11.5 Å². The van der Waals surface area contributed by atoms with Gasteiger partial charge in [-0.05, 0) is 64.9 Å². The van der Waals surface area contributed by atoms with Crippen LogP contribution in [0.4, 0.5) is 8.78 Å². The van der Waals surface area contributed by atoms with Gasteiger partial charge in [-0.25, -0.2) is 0 Å². The minimum Gasteiger partial charge on any atom is -0.489 e. The quantitative estimate of drug-likeness (QED) is 0.443. The summed E-state index contributed by atoms with van der Waals surface area (Å²) in [5.41, 5.74) is 2.00. The average molecular weight is 372 g/mol. The van der Waals surface area contributed by atoms with Crippen LogP contribution in [-0.2, 0) is 0 Å². The van der Waals surface area contributed by atoms with Gasteiger partial charge in [-0.2, -0.15) is 8.78 Å². The van der Waals surface area contributed by atoms with E-state index in [9.17, 15) is 8.78 Å². The van der Waals surface area contributed by atoms with Gasteiger partial charge in [-0.15, -0.1) is 11.3 Å². The molecule has 0 spiro atoms. The number of ether oxygens (including phenoxy) is 2. The summed E-state index contributed by atoms with van der Waals surface area (Å²) >= 11 is 1.71. The molecule has 0 bridgehead atoms. The molecular weight excluding hydrogens is 354 g/mol. The van der Waals surface area contributed by atoms with Gasteiger partial charge < -0.3 is 9.47 Å². The van der Waals surface area contributed by atoms with Crippen LogP contribution in [0.25, 0.3) is 22.2 Å². The summed E-state index contributed by atoms with van der Waals surface area (Å²) in [5, 5.41) is 3.28. The van der Waals surface area contributed by atoms with Crippen LogP contribution in [0, 0.1) is 5.92 Å². The first-order valence-electron chi connectivity index (χ1n) is 8.55. The number of fused-ring (bicyclic) bond motifs is 1. The minimum absolute atomic E-state index is 0.0812. The van der Waals surface area contributed by atoms with E-state index in [0.29, 0.717) is 18.3 Å². The molecule has 0 amide bonds. The van der Waals surface area contributed by atoms with Gasteiger partial charge in [-0.3, -0.25) is 0 Å². The molecule has 0 aliphatic heterocycles. The van der Waals surface area contributed by atoms with Crippen LogP contribution < -0.4 is 9.47 Å². The third-order valence-electron chi connectivity index (χ3n) is 4.34. The van der Waals surface area contributed by atoms with Crippen molar-refractivity contribution in [2.24, 2.45) is 5.92 Å². The third kappa shape index (κ3) is 4.05. The maximum absolute atomic E-state index is 12.6. The molecule has 0 radical (unpaired) electrons. The lowest BCUT2D eigenvalue weighted by Gasteiger charge is -2.12. The zero-order valence-corrected chi connectivity index (χ0v) is 14.8. The molecule has 0 atom stereocenters. The largest absolute Gasteiger partial charge is 0.489 e. The summed E-state index contributed by atoms with van der Waals surface area (Å²) in [6.07, 6.45) is 6.26. The van der Waals surface area contributed by atoms with E-state index in [1.54, 1.807) is 29.5 Å². The fraction of sp³-hybridized carbons (Fsp3) is 0.238. The van der Waals surface area contributed by atoms with Gasteiger partial charge in [0, 0.05) is 4.70 Å². The highest BCUT2D eigenvalue weighted by Gasteiger charge is 2.23. The summed E-state index contributed by atoms with van der Waals surface area (Å²) in [5.74, 6) is 0.982. The summed E-state index contributed by atoms with van der Waals surface area (Å²) in [7, 11) is 0. The molecule has 1 heterocycles. The third-order valence-corrected chi connectivity index (χ3v) is 5.22. The van der Waals surface area contributed by atoms with E-state index >= 15 is 0 Å². The lowest BCUT2D eigenvalue weighted by atomic mass is 10.1. The van der Waals surface area contributed by atoms with Crippen molar-refractivity contribution in [2.75, 3.05) is 6.61 Å². The highest BCUT2D eigenvalue weighted by molar-refractivity contribution is 7.17. The molecule has 4 rings (SSSR count). The molecule has 2 nitrogen and oxygen atoms in total. The van der Waals surface area contributed by atoms with Gasteiger partial charge in [0.1, 0.15) is 0 Å². The lowest BCUT2D eigenvalue weighted by Crippen LogP contribution is -2.06. The number of hydrogen-bond donors (Lipinski definition) is 0. The minimum atomic E-state index is -2.86. The molecule has 26 heavy (non-hydrogen) atoms. The topological polar surface area (TPSA) is 18.5 Å². The van der Waals surface area contributed by atoms with Crippen molar-refractivity contribution >= 4 is 33.6 Å². The van der Waals surface area contributed by atoms with Crippen LogP contribution >= 0.6 is 11.3 Å². The SMILES string of the molecule is FC(F)Oc1ccc(C=Cc2cccc3sccc23)cc1OCC1CC1. The van der Waals surface area contributed by atoms with Crippen molar-refractivity contribution in [3.05, 3.63) is 59.0 Å². The van der Waals surface area contributed by atoms with E-state index in [0.717, 1.165) is 24.0 Å². The van der Waals surface area contributed by atoms with Crippen LogP contribution in [0.2, 0.25) is 0 Å². The molecule has 0 saturated heterocycles. The lowest BCUT2D eigenvalue weighted by molar-refractivity contribution is -0.0515. The van der Waals surface area contributed by atoms with E-state index in [-0.39, 0.29) is 5.75 Å². The monoisotopic (exact) mass is 372 g/mol. The Morgan fingerprint density at radius 1 is 1.08 bits per heavy atom. The Labute approximate surface area is 154 Å². The van der Waals surface area contributed by atoms with Crippen molar-refractivity contribution in [1.82, 2.24) is 0 Å². The van der Waals surface area contributed by atoms with Gasteiger partial charge in [0.15, 0.2) is 11.5 Å². The molecule has 5 heteroatoms. The summed E-state index contributed by atoms with van der Waals surface area (Å²) in [6.45, 7) is -2.32. The summed E-state index contributed by atoms with van der Waals surface area (Å²) < 4.78 is 36.8. The van der Waals surface area contributed by atoms with Crippen LogP contribution in [0.3, 0.4) is 0 Å². The molecule has 1 saturated carbocycles. The van der Waals surface area contributed by atoms with E-state index in [2.05, 4.69) is 28.3 Å². The van der Waals surface area contributed by atoms with Crippen molar-refractivity contribution in [3.8, 4) is 11.5 Å². The fourth-order valence-electron chi connectivity index (χ4n) is 2.78. The Morgan fingerprint density at radius 2 is 1.96 bits per heavy atom. The highest BCUT2D eigenvalue weighted by Crippen LogP contribution is 2.34. The molecule has 134 valence electrons. The standard InChI is InChI=1S/C21H18F2O2S/c22-21(23)25-18-9-7-14(12-19(18)24-13-15-4-5-15)6-8-16-2-1-3-20-17(16)10-11-26-20/h1-3,6-12,15,21H,4-5,13H2. The molecule has 1 aromatic heterocycles. The molecule has 0 N–H and O–H groups in total. The van der Waals surface area contributed by atoms with Crippen LogP contribution in [0.1, 0.15) is 24.0 Å². The maximum atomic E-state index is 12.6. The normalized spacial score (nSPS) is 14.4. The molecule has 2 aromatic carbocycles. The number of hydrogen-bond acceptors (Lipinski definition) is 3. The zero-order valence-electron chi connectivity index (χ0n) is 14.0. The predicted octanol–water partition coefficient (Wildman–Crippen LogP) is 6.46. The molecule has 3 aromatic rings. The average Bonchev–Trinajstić information content (AvgIpc) is 3.33. The predicted molar refractivity (Wildman–Crippen MR) is 102 cm³/mol. The zero-order chi connectivity index (χ0) is 17.9. The van der Waals surface area contributed by atoms with Gasteiger partial charge in [0.2, 0.25) is 0 Å². The Bertz CT molecular complexity index is 929. The van der Waals surface area contributed by atoms with Crippen molar-refractivity contribution in [1.29, 1.82) is 0 Å². The Balaban J connectivity index is 1.58. The Kier molecular flexibility index (Phi) is 4.89. The molecule has 1 aliphatic carbocycles. The maximum Gasteiger partial charge on any atom is 0.387 e. The molecular formula is C21H18F2O2S. The number of benzene rings is 2. The summed E-state index contributed by atoms with van der Waals surface area (Å²) in [4.78, 5) is 0. The highest BCUT2D eigenvalue weighted by atomic mass is 32.1. The molecule has 1 fully saturated rings. The van der Waals surface area contributed by atoms with Gasteiger partial charge in [-0.1, -0.05) is 30.4 Å². The smallest absolute Gasteiger partial charge is 0.387 e. The molecule has 0 unspecified atom stereocenters. The van der Waals surface area contributed by atoms with Crippen molar-refractivity contribution in [3.63, 3.8) is 0 Å². The second-order valence-electron chi connectivity index (χ2n) is 6.35. The van der Waals surface area contributed by atoms with Crippen molar-refractivity contribution < 1.29 is 18.3 Å².